The molecule has 7 heteroatoms. The van der Waals surface area contributed by atoms with Crippen LogP contribution in [-0.2, 0) is 9.59 Å². The van der Waals surface area contributed by atoms with Crippen molar-refractivity contribution in [2.75, 3.05) is 17.2 Å². The van der Waals surface area contributed by atoms with Crippen molar-refractivity contribution in [2.45, 2.75) is 20.8 Å². The molecule has 2 aromatic carbocycles. The van der Waals surface area contributed by atoms with Crippen molar-refractivity contribution in [3.8, 4) is 5.75 Å². The van der Waals surface area contributed by atoms with E-state index in [1.807, 2.05) is 20.8 Å². The van der Waals surface area contributed by atoms with Crippen LogP contribution in [0.1, 0.15) is 31.1 Å². The molecule has 0 aliphatic rings. The van der Waals surface area contributed by atoms with Crippen molar-refractivity contribution >= 4 is 29.2 Å². The topological polar surface area (TPSA) is 105 Å². The van der Waals surface area contributed by atoms with Crippen molar-refractivity contribution in [3.05, 3.63) is 54.1 Å². The van der Waals surface area contributed by atoms with Gasteiger partial charge in [0.25, 0.3) is 5.91 Å². The molecule has 0 saturated heterocycles. The van der Waals surface area contributed by atoms with E-state index < -0.39 is 11.4 Å². The minimum Gasteiger partial charge on any atom is -0.484 e. The summed E-state index contributed by atoms with van der Waals surface area (Å²) in [5.41, 5.74) is 0.669. The van der Waals surface area contributed by atoms with Crippen LogP contribution in [-0.4, -0.2) is 29.5 Å². The molecule has 0 bridgehead atoms. The van der Waals surface area contributed by atoms with Gasteiger partial charge in [-0.1, -0.05) is 26.8 Å². The lowest BCUT2D eigenvalue weighted by atomic mass is 9.95. The van der Waals surface area contributed by atoms with Gasteiger partial charge in [-0.2, -0.15) is 0 Å². The fourth-order valence-electron chi connectivity index (χ4n) is 2.02. The Morgan fingerprint density at radius 1 is 0.963 bits per heavy atom. The Labute approximate surface area is 157 Å². The number of ether oxygens (including phenoxy) is 1. The smallest absolute Gasteiger partial charge is 0.335 e. The number of carbonyl (C=O) groups is 3. The first kappa shape index (κ1) is 20.0. The first-order chi connectivity index (χ1) is 12.6. The number of anilines is 2. The van der Waals surface area contributed by atoms with Gasteiger partial charge in [-0.15, -0.1) is 0 Å². The first-order valence-corrected chi connectivity index (χ1v) is 8.33. The Kier molecular flexibility index (Phi) is 6.18. The van der Waals surface area contributed by atoms with Gasteiger partial charge in [-0.05, 0) is 36.4 Å². The maximum Gasteiger partial charge on any atom is 0.335 e. The van der Waals surface area contributed by atoms with E-state index in [-0.39, 0.29) is 24.0 Å². The summed E-state index contributed by atoms with van der Waals surface area (Å²) in [5.74, 6) is -1.10. The molecule has 2 rings (SSSR count). The van der Waals surface area contributed by atoms with E-state index in [0.29, 0.717) is 17.1 Å². The maximum atomic E-state index is 12.0. The van der Waals surface area contributed by atoms with Crippen LogP contribution < -0.4 is 15.4 Å². The van der Waals surface area contributed by atoms with Gasteiger partial charge in [0.15, 0.2) is 6.61 Å². The summed E-state index contributed by atoms with van der Waals surface area (Å²) in [7, 11) is 0. The van der Waals surface area contributed by atoms with E-state index in [4.69, 9.17) is 9.84 Å². The minimum atomic E-state index is -1.03. The van der Waals surface area contributed by atoms with Crippen LogP contribution >= 0.6 is 0 Å². The number of carboxylic acid groups (broad SMARTS) is 1. The summed E-state index contributed by atoms with van der Waals surface area (Å²) in [4.78, 5) is 34.8. The zero-order valence-corrected chi connectivity index (χ0v) is 15.4. The van der Waals surface area contributed by atoms with Crippen molar-refractivity contribution < 1.29 is 24.2 Å². The molecule has 0 spiro atoms. The van der Waals surface area contributed by atoms with Crippen molar-refractivity contribution in [1.29, 1.82) is 0 Å². The molecule has 3 N–H and O–H groups in total. The Bertz CT molecular complexity index is 838. The number of aromatic carboxylic acids is 1. The molecule has 0 atom stereocenters. The van der Waals surface area contributed by atoms with Crippen LogP contribution in [0.5, 0.6) is 5.75 Å². The van der Waals surface area contributed by atoms with Gasteiger partial charge in [-0.3, -0.25) is 9.59 Å². The van der Waals surface area contributed by atoms with Crippen LogP contribution in [0.15, 0.2) is 48.5 Å². The van der Waals surface area contributed by atoms with Crippen LogP contribution in [0.25, 0.3) is 0 Å². The van der Waals surface area contributed by atoms with Gasteiger partial charge >= 0.3 is 5.97 Å². The van der Waals surface area contributed by atoms with E-state index >= 15 is 0 Å². The summed E-state index contributed by atoms with van der Waals surface area (Å²) in [6, 6.07) is 12.6. The van der Waals surface area contributed by atoms with Gasteiger partial charge in [0.1, 0.15) is 5.75 Å². The summed E-state index contributed by atoms with van der Waals surface area (Å²) in [5, 5.41) is 14.3. The normalized spacial score (nSPS) is 10.8. The lowest BCUT2D eigenvalue weighted by Gasteiger charge is -2.18. The highest BCUT2D eigenvalue weighted by molar-refractivity contribution is 5.95. The number of hydrogen-bond acceptors (Lipinski definition) is 4. The zero-order chi connectivity index (χ0) is 20.0. The second-order valence-electron chi connectivity index (χ2n) is 6.95. The summed E-state index contributed by atoms with van der Waals surface area (Å²) in [6.45, 7) is 5.22. The van der Waals surface area contributed by atoms with Crippen LogP contribution in [0, 0.1) is 5.41 Å². The second kappa shape index (κ2) is 8.35. The van der Waals surface area contributed by atoms with E-state index in [9.17, 15) is 14.4 Å². The SMILES string of the molecule is CC(C)(C)C(=O)Nc1cccc(OCC(=O)Nc2ccc(C(=O)O)cc2)c1. The number of carboxylic acids is 1. The highest BCUT2D eigenvalue weighted by Gasteiger charge is 2.21. The monoisotopic (exact) mass is 370 g/mol. The highest BCUT2D eigenvalue weighted by Crippen LogP contribution is 2.21. The van der Waals surface area contributed by atoms with Crippen LogP contribution in [0.3, 0.4) is 0 Å². The largest absolute Gasteiger partial charge is 0.484 e. The first-order valence-electron chi connectivity index (χ1n) is 8.33. The third kappa shape index (κ3) is 6.14. The molecule has 0 saturated carbocycles. The molecular weight excluding hydrogens is 348 g/mol. The van der Waals surface area contributed by atoms with Gasteiger partial charge in [0.05, 0.1) is 5.56 Å². The molecule has 27 heavy (non-hydrogen) atoms. The molecule has 142 valence electrons. The second-order valence-corrected chi connectivity index (χ2v) is 6.95. The highest BCUT2D eigenvalue weighted by atomic mass is 16.5. The maximum absolute atomic E-state index is 12.0. The number of benzene rings is 2. The Balaban J connectivity index is 1.90. The molecule has 7 nitrogen and oxygen atoms in total. The van der Waals surface area contributed by atoms with Crippen LogP contribution in [0.2, 0.25) is 0 Å². The van der Waals surface area contributed by atoms with Crippen molar-refractivity contribution in [3.63, 3.8) is 0 Å². The standard InChI is InChI=1S/C20H22N2O5/c1-20(2,3)19(26)22-15-5-4-6-16(11-15)27-12-17(23)21-14-9-7-13(8-10-14)18(24)25/h4-11H,12H2,1-3H3,(H,21,23)(H,22,26)(H,24,25). The molecule has 0 radical (unpaired) electrons. The quantitative estimate of drug-likeness (QED) is 0.723. The number of nitrogens with one attached hydrogen (secondary N) is 2. The van der Waals surface area contributed by atoms with Crippen molar-refractivity contribution in [2.24, 2.45) is 5.41 Å². The van der Waals surface area contributed by atoms with E-state index in [1.54, 1.807) is 24.3 Å². The summed E-state index contributed by atoms with van der Waals surface area (Å²) in [6.07, 6.45) is 0. The van der Waals surface area contributed by atoms with E-state index in [1.165, 1.54) is 24.3 Å². The van der Waals surface area contributed by atoms with E-state index in [0.717, 1.165) is 0 Å². The summed E-state index contributed by atoms with van der Waals surface area (Å²) < 4.78 is 5.45. The zero-order valence-electron chi connectivity index (χ0n) is 15.4. The molecule has 2 amide bonds. The lowest BCUT2D eigenvalue weighted by molar-refractivity contribution is -0.123. The fraction of sp³-hybridized carbons (Fsp3) is 0.250. The number of carbonyl (C=O) groups excluding carboxylic acids is 2. The van der Waals surface area contributed by atoms with Gasteiger partial charge in [0.2, 0.25) is 5.91 Å². The average molecular weight is 370 g/mol. The number of hydrogen-bond donors (Lipinski definition) is 3. The Morgan fingerprint density at radius 2 is 1.63 bits per heavy atom. The number of rotatable bonds is 6. The molecular formula is C20H22N2O5. The Morgan fingerprint density at radius 3 is 2.22 bits per heavy atom. The third-order valence-corrected chi connectivity index (χ3v) is 3.56. The number of amides is 2. The average Bonchev–Trinajstić information content (AvgIpc) is 2.60. The van der Waals surface area contributed by atoms with Crippen molar-refractivity contribution in [1.82, 2.24) is 0 Å². The molecule has 0 aromatic heterocycles. The molecule has 0 unspecified atom stereocenters. The summed E-state index contributed by atoms with van der Waals surface area (Å²) >= 11 is 0. The molecule has 0 aliphatic heterocycles. The minimum absolute atomic E-state index is 0.123. The van der Waals surface area contributed by atoms with Gasteiger partial charge < -0.3 is 20.5 Å². The molecule has 0 aliphatic carbocycles. The van der Waals surface area contributed by atoms with E-state index in [2.05, 4.69) is 10.6 Å². The molecule has 0 fully saturated rings. The Hall–Kier alpha value is -3.35. The fourth-order valence-corrected chi connectivity index (χ4v) is 2.02. The van der Waals surface area contributed by atoms with Crippen LogP contribution in [0.4, 0.5) is 11.4 Å². The molecule has 2 aromatic rings. The predicted molar refractivity (Wildman–Crippen MR) is 102 cm³/mol. The third-order valence-electron chi connectivity index (χ3n) is 3.56. The van der Waals surface area contributed by atoms with Gasteiger partial charge in [-0.25, -0.2) is 4.79 Å². The lowest BCUT2D eigenvalue weighted by Crippen LogP contribution is -2.27. The molecule has 0 heterocycles. The van der Waals surface area contributed by atoms with Gasteiger partial charge in [0, 0.05) is 22.9 Å². The predicted octanol–water partition coefficient (Wildman–Crippen LogP) is 3.39.